The van der Waals surface area contributed by atoms with Crippen LogP contribution in [-0.2, 0) is 17.8 Å². The standard InChI is InChI=1S/C25H32N6O5/c1-7-31-19(12-16(2)29-31)22(33)28-23-27-18-13-17(15-32)14-20(35-6)21(18)30(23)11-9-8-10-26-24(34)36-25(3,4)5/h8-9,12-15H,7,10-11H2,1-6H3,(H,26,34)(H,27,28,33)/b9-8+. The first-order valence-electron chi connectivity index (χ1n) is 11.6. The van der Waals surface area contributed by atoms with E-state index in [1.54, 1.807) is 54.3 Å². The van der Waals surface area contributed by atoms with E-state index in [1.165, 1.54) is 7.11 Å². The molecule has 0 aliphatic carbocycles. The number of aldehydes is 1. The van der Waals surface area contributed by atoms with Gasteiger partial charge in [-0.2, -0.15) is 5.10 Å². The number of amides is 2. The van der Waals surface area contributed by atoms with Crippen LogP contribution in [-0.4, -0.2) is 56.9 Å². The van der Waals surface area contributed by atoms with Gasteiger partial charge in [0.1, 0.15) is 28.8 Å². The molecular weight excluding hydrogens is 464 g/mol. The Morgan fingerprint density at radius 3 is 2.56 bits per heavy atom. The van der Waals surface area contributed by atoms with E-state index in [1.807, 2.05) is 19.9 Å². The Kier molecular flexibility index (Phi) is 8.13. The highest BCUT2D eigenvalue weighted by Crippen LogP contribution is 2.30. The number of nitrogens with one attached hydrogen (secondary N) is 2. The summed E-state index contributed by atoms with van der Waals surface area (Å²) in [6.45, 7) is 10.2. The number of imidazole rings is 1. The summed E-state index contributed by atoms with van der Waals surface area (Å²) < 4.78 is 14.1. The molecule has 0 aliphatic rings. The van der Waals surface area contributed by atoms with Crippen molar-refractivity contribution in [2.24, 2.45) is 0 Å². The number of alkyl carbamates (subject to hydrolysis) is 1. The molecule has 0 atom stereocenters. The molecule has 36 heavy (non-hydrogen) atoms. The number of rotatable bonds is 9. The fourth-order valence-corrected chi connectivity index (χ4v) is 3.60. The van der Waals surface area contributed by atoms with E-state index >= 15 is 0 Å². The normalized spacial score (nSPS) is 11.6. The van der Waals surface area contributed by atoms with Gasteiger partial charge in [-0.05, 0) is 52.8 Å². The number of carbonyl (C=O) groups excluding carboxylic acids is 3. The Morgan fingerprint density at radius 1 is 1.17 bits per heavy atom. The highest BCUT2D eigenvalue weighted by atomic mass is 16.6. The molecule has 2 heterocycles. The number of hydrogen-bond donors (Lipinski definition) is 2. The minimum atomic E-state index is -0.584. The van der Waals surface area contributed by atoms with Crippen LogP contribution >= 0.6 is 0 Å². The zero-order chi connectivity index (χ0) is 26.5. The number of benzene rings is 1. The summed E-state index contributed by atoms with van der Waals surface area (Å²) in [4.78, 5) is 40.9. The van der Waals surface area contributed by atoms with Crippen molar-refractivity contribution in [1.29, 1.82) is 0 Å². The monoisotopic (exact) mass is 496 g/mol. The predicted molar refractivity (Wildman–Crippen MR) is 136 cm³/mol. The molecule has 0 spiro atoms. The zero-order valence-corrected chi connectivity index (χ0v) is 21.4. The third-order valence-corrected chi connectivity index (χ3v) is 5.06. The lowest BCUT2D eigenvalue weighted by atomic mass is 10.2. The maximum atomic E-state index is 13.1. The molecule has 0 unspecified atom stereocenters. The Balaban J connectivity index is 1.90. The third-order valence-electron chi connectivity index (χ3n) is 5.06. The fraction of sp³-hybridized carbons (Fsp3) is 0.400. The molecule has 3 aromatic rings. The number of aryl methyl sites for hydroxylation is 2. The molecule has 0 aliphatic heterocycles. The van der Waals surface area contributed by atoms with Crippen LogP contribution in [0.1, 0.15) is 54.2 Å². The topological polar surface area (TPSA) is 129 Å². The maximum absolute atomic E-state index is 13.1. The van der Waals surface area contributed by atoms with Gasteiger partial charge in [-0.25, -0.2) is 9.78 Å². The number of aromatic nitrogens is 4. The molecule has 0 radical (unpaired) electrons. The number of anilines is 1. The minimum Gasteiger partial charge on any atom is -0.494 e. The molecule has 0 fully saturated rings. The summed E-state index contributed by atoms with van der Waals surface area (Å²) in [7, 11) is 1.50. The smallest absolute Gasteiger partial charge is 0.407 e. The predicted octanol–water partition coefficient (Wildman–Crippen LogP) is 3.72. The van der Waals surface area contributed by atoms with E-state index in [4.69, 9.17) is 9.47 Å². The van der Waals surface area contributed by atoms with Crippen LogP contribution in [0, 0.1) is 6.92 Å². The van der Waals surface area contributed by atoms with E-state index in [0.717, 1.165) is 5.69 Å². The number of ether oxygens (including phenoxy) is 2. The summed E-state index contributed by atoms with van der Waals surface area (Å²) in [5.74, 6) is 0.360. The van der Waals surface area contributed by atoms with Crippen molar-refractivity contribution in [3.8, 4) is 5.75 Å². The molecule has 0 saturated carbocycles. The zero-order valence-electron chi connectivity index (χ0n) is 21.4. The number of allylic oxidation sites excluding steroid dienone is 1. The lowest BCUT2D eigenvalue weighted by Crippen LogP contribution is -2.32. The maximum Gasteiger partial charge on any atom is 0.407 e. The first kappa shape index (κ1) is 26.5. The van der Waals surface area contributed by atoms with Gasteiger partial charge >= 0.3 is 6.09 Å². The Morgan fingerprint density at radius 2 is 1.92 bits per heavy atom. The van der Waals surface area contributed by atoms with Crippen molar-refractivity contribution in [1.82, 2.24) is 24.6 Å². The number of carbonyl (C=O) groups is 3. The minimum absolute atomic E-state index is 0.255. The van der Waals surface area contributed by atoms with Crippen LogP contribution in [0.5, 0.6) is 5.75 Å². The molecule has 0 bridgehead atoms. The molecule has 1 aromatic carbocycles. The molecular formula is C25H32N6O5. The summed E-state index contributed by atoms with van der Waals surface area (Å²) in [5.41, 5.74) is 2.06. The van der Waals surface area contributed by atoms with E-state index in [0.29, 0.717) is 47.4 Å². The molecule has 0 saturated heterocycles. The van der Waals surface area contributed by atoms with E-state index < -0.39 is 11.7 Å². The van der Waals surface area contributed by atoms with Crippen molar-refractivity contribution in [3.05, 3.63) is 47.3 Å². The summed E-state index contributed by atoms with van der Waals surface area (Å²) >= 11 is 0. The van der Waals surface area contributed by atoms with Crippen LogP contribution in [0.3, 0.4) is 0 Å². The lowest BCUT2D eigenvalue weighted by Gasteiger charge is -2.19. The first-order valence-corrected chi connectivity index (χ1v) is 11.6. The fourth-order valence-electron chi connectivity index (χ4n) is 3.60. The quantitative estimate of drug-likeness (QED) is 0.341. The number of fused-ring (bicyclic) bond motifs is 1. The second-order valence-electron chi connectivity index (χ2n) is 9.05. The van der Waals surface area contributed by atoms with Gasteiger partial charge in [0, 0.05) is 25.2 Å². The largest absolute Gasteiger partial charge is 0.494 e. The van der Waals surface area contributed by atoms with Crippen molar-refractivity contribution in [2.45, 2.75) is 53.3 Å². The Labute approximate surface area is 209 Å². The van der Waals surface area contributed by atoms with E-state index in [9.17, 15) is 14.4 Å². The summed E-state index contributed by atoms with van der Waals surface area (Å²) in [6.07, 6.45) is 3.79. The van der Waals surface area contributed by atoms with Gasteiger partial charge in [-0.15, -0.1) is 0 Å². The van der Waals surface area contributed by atoms with Crippen LogP contribution in [0.2, 0.25) is 0 Å². The second-order valence-corrected chi connectivity index (χ2v) is 9.05. The van der Waals surface area contributed by atoms with E-state index in [-0.39, 0.29) is 18.4 Å². The molecule has 2 aromatic heterocycles. The van der Waals surface area contributed by atoms with Crippen LogP contribution in [0.25, 0.3) is 11.0 Å². The number of hydrogen-bond acceptors (Lipinski definition) is 7. The van der Waals surface area contributed by atoms with Gasteiger partial charge in [-0.3, -0.25) is 19.6 Å². The van der Waals surface area contributed by atoms with Gasteiger partial charge in [0.25, 0.3) is 5.91 Å². The molecule has 3 rings (SSSR count). The van der Waals surface area contributed by atoms with Crippen molar-refractivity contribution >= 4 is 35.3 Å². The van der Waals surface area contributed by atoms with Crippen LogP contribution in [0.15, 0.2) is 30.4 Å². The average molecular weight is 497 g/mol. The lowest BCUT2D eigenvalue weighted by molar-refractivity contribution is 0.0533. The Bertz CT molecular complexity index is 1300. The van der Waals surface area contributed by atoms with Gasteiger partial charge in [-0.1, -0.05) is 12.2 Å². The van der Waals surface area contributed by atoms with Crippen molar-refractivity contribution in [3.63, 3.8) is 0 Å². The second kappa shape index (κ2) is 11.1. The summed E-state index contributed by atoms with van der Waals surface area (Å²) in [6, 6.07) is 4.95. The molecule has 2 amide bonds. The van der Waals surface area contributed by atoms with Gasteiger partial charge in [0.2, 0.25) is 5.95 Å². The SMILES string of the molecule is CCn1nc(C)cc1C(=O)Nc1nc2cc(C=O)cc(OC)c2n1C/C=C/CNC(=O)OC(C)(C)C. The number of nitrogens with zero attached hydrogens (tertiary/aromatic N) is 4. The first-order chi connectivity index (χ1) is 17.1. The van der Waals surface area contributed by atoms with Gasteiger partial charge in [0.15, 0.2) is 0 Å². The van der Waals surface area contributed by atoms with Crippen molar-refractivity contribution < 1.29 is 23.9 Å². The van der Waals surface area contributed by atoms with Crippen LogP contribution < -0.4 is 15.4 Å². The van der Waals surface area contributed by atoms with Crippen molar-refractivity contribution in [2.75, 3.05) is 19.0 Å². The molecule has 11 nitrogen and oxygen atoms in total. The average Bonchev–Trinajstić information content (AvgIpc) is 3.36. The van der Waals surface area contributed by atoms with E-state index in [2.05, 4.69) is 20.7 Å². The van der Waals surface area contributed by atoms with Crippen LogP contribution in [0.4, 0.5) is 10.7 Å². The highest BCUT2D eigenvalue weighted by Gasteiger charge is 2.20. The molecule has 11 heteroatoms. The summed E-state index contributed by atoms with van der Waals surface area (Å²) in [5, 5.41) is 9.85. The third kappa shape index (κ3) is 6.29. The van der Waals surface area contributed by atoms with Gasteiger partial charge < -0.3 is 19.4 Å². The highest BCUT2D eigenvalue weighted by molar-refractivity contribution is 6.03. The Hall–Kier alpha value is -4.15. The molecule has 192 valence electrons. The molecule has 2 N–H and O–H groups in total. The van der Waals surface area contributed by atoms with Gasteiger partial charge in [0.05, 0.1) is 18.3 Å². The number of methoxy groups -OCH3 is 1.